The molecule has 1 atom stereocenters. The summed E-state index contributed by atoms with van der Waals surface area (Å²) in [5.74, 6) is 1.55. The summed E-state index contributed by atoms with van der Waals surface area (Å²) in [5, 5.41) is 10.5. The van der Waals surface area contributed by atoms with Gasteiger partial charge in [-0.3, -0.25) is 4.79 Å². The molecule has 0 saturated carbocycles. The van der Waals surface area contributed by atoms with Crippen LogP contribution >= 0.6 is 0 Å². The molecule has 1 unspecified atom stereocenters. The lowest BCUT2D eigenvalue weighted by Gasteiger charge is -2.10. The predicted molar refractivity (Wildman–Crippen MR) is 81.4 cm³/mol. The summed E-state index contributed by atoms with van der Waals surface area (Å²) in [6.07, 6.45) is 0. The average Bonchev–Trinajstić information content (AvgIpc) is 3.28. The lowest BCUT2D eigenvalue weighted by atomic mass is 10.1. The largest absolute Gasteiger partial charge is 0.491 e. The van der Waals surface area contributed by atoms with Crippen molar-refractivity contribution < 1.29 is 18.6 Å². The van der Waals surface area contributed by atoms with E-state index in [1.54, 1.807) is 19.9 Å². The van der Waals surface area contributed by atoms with Crippen molar-refractivity contribution in [1.29, 1.82) is 0 Å². The maximum atomic E-state index is 12.2. The molecule has 1 amide bonds. The fourth-order valence-electron chi connectivity index (χ4n) is 2.59. The molecule has 0 saturated heterocycles. The fraction of sp³-hybridized carbons (Fsp3) is 0.250. The molecule has 0 spiro atoms. The number of hydrogen-bond acceptors (Lipinski definition) is 7. The predicted octanol–water partition coefficient (Wildman–Crippen LogP) is 2.20. The number of benzene rings is 1. The smallest absolute Gasteiger partial charge is 0.290 e. The van der Waals surface area contributed by atoms with Crippen LogP contribution in [0.4, 0.5) is 0 Å². The van der Waals surface area contributed by atoms with Gasteiger partial charge in [0.05, 0.1) is 11.7 Å². The van der Waals surface area contributed by atoms with E-state index in [9.17, 15) is 4.79 Å². The summed E-state index contributed by atoms with van der Waals surface area (Å²) in [5.41, 5.74) is 2.34. The number of nitrogens with one attached hydrogen (secondary N) is 1. The summed E-state index contributed by atoms with van der Waals surface area (Å²) in [6, 6.07) is 6.94. The number of carbonyl (C=O) groups is 1. The van der Waals surface area contributed by atoms with Crippen molar-refractivity contribution in [3.63, 3.8) is 0 Å². The standard InChI is InChI=1S/C16H14N4O4/c1-8-5-14(24-19-8)16(21)18-12-7-22-13-6-10(3-4-11(12)13)15-17-9(2)23-20-15/h3-6,12H,7H2,1-2H3,(H,18,21). The highest BCUT2D eigenvalue weighted by Gasteiger charge is 2.27. The highest BCUT2D eigenvalue weighted by Crippen LogP contribution is 2.35. The van der Waals surface area contributed by atoms with Crippen molar-refractivity contribution in [2.24, 2.45) is 0 Å². The van der Waals surface area contributed by atoms with Crippen LogP contribution in [0, 0.1) is 13.8 Å². The van der Waals surface area contributed by atoms with Gasteiger partial charge in [-0.05, 0) is 13.0 Å². The van der Waals surface area contributed by atoms with Crippen molar-refractivity contribution in [3.8, 4) is 17.1 Å². The highest BCUT2D eigenvalue weighted by atomic mass is 16.5. The summed E-state index contributed by atoms with van der Waals surface area (Å²) < 4.78 is 15.6. The van der Waals surface area contributed by atoms with Gasteiger partial charge in [-0.25, -0.2) is 0 Å². The van der Waals surface area contributed by atoms with Gasteiger partial charge in [0.15, 0.2) is 0 Å². The minimum absolute atomic E-state index is 0.180. The number of ether oxygens (including phenoxy) is 1. The Morgan fingerprint density at radius 1 is 1.21 bits per heavy atom. The molecule has 1 aromatic carbocycles. The first-order valence-electron chi connectivity index (χ1n) is 7.42. The van der Waals surface area contributed by atoms with Crippen molar-refractivity contribution in [2.75, 3.05) is 6.61 Å². The number of rotatable bonds is 3. The Labute approximate surface area is 136 Å². The molecule has 0 radical (unpaired) electrons. The minimum Gasteiger partial charge on any atom is -0.491 e. The van der Waals surface area contributed by atoms with Crippen LogP contribution in [0.15, 0.2) is 33.3 Å². The Bertz CT molecular complexity index is 914. The van der Waals surface area contributed by atoms with Crippen LogP contribution in [0.25, 0.3) is 11.4 Å². The molecule has 0 bridgehead atoms. The van der Waals surface area contributed by atoms with E-state index in [1.165, 1.54) is 0 Å². The van der Waals surface area contributed by atoms with E-state index in [4.69, 9.17) is 13.8 Å². The Hall–Kier alpha value is -3.16. The molecular formula is C16H14N4O4. The second-order valence-electron chi connectivity index (χ2n) is 5.56. The van der Waals surface area contributed by atoms with Gasteiger partial charge in [-0.1, -0.05) is 22.4 Å². The van der Waals surface area contributed by atoms with Crippen molar-refractivity contribution in [1.82, 2.24) is 20.6 Å². The number of fused-ring (bicyclic) bond motifs is 1. The van der Waals surface area contributed by atoms with Crippen LogP contribution in [-0.4, -0.2) is 27.8 Å². The van der Waals surface area contributed by atoms with Crippen molar-refractivity contribution >= 4 is 5.91 Å². The lowest BCUT2D eigenvalue weighted by Crippen LogP contribution is -2.29. The Morgan fingerprint density at radius 2 is 2.08 bits per heavy atom. The molecule has 0 fully saturated rings. The van der Waals surface area contributed by atoms with Crippen LogP contribution in [0.2, 0.25) is 0 Å². The van der Waals surface area contributed by atoms with E-state index < -0.39 is 0 Å². The summed E-state index contributed by atoms with van der Waals surface area (Å²) in [4.78, 5) is 16.4. The second-order valence-corrected chi connectivity index (χ2v) is 5.56. The zero-order valence-corrected chi connectivity index (χ0v) is 13.1. The minimum atomic E-state index is -0.324. The Morgan fingerprint density at radius 3 is 2.79 bits per heavy atom. The molecule has 1 N–H and O–H groups in total. The SMILES string of the molecule is Cc1cc(C(=O)NC2COc3cc(-c4noc(C)n4)ccc32)on1. The van der Waals surface area contributed by atoms with Gasteiger partial charge in [0.1, 0.15) is 12.4 Å². The molecule has 8 nitrogen and oxygen atoms in total. The van der Waals surface area contributed by atoms with Crippen LogP contribution in [0.1, 0.15) is 33.7 Å². The molecule has 0 aliphatic carbocycles. The summed E-state index contributed by atoms with van der Waals surface area (Å²) in [7, 11) is 0. The first-order valence-corrected chi connectivity index (χ1v) is 7.42. The van der Waals surface area contributed by atoms with Gasteiger partial charge in [-0.15, -0.1) is 0 Å². The molecule has 2 aromatic heterocycles. The maximum absolute atomic E-state index is 12.2. The fourth-order valence-corrected chi connectivity index (χ4v) is 2.59. The number of aromatic nitrogens is 3. The Balaban J connectivity index is 1.55. The van der Waals surface area contributed by atoms with Gasteiger partial charge >= 0.3 is 0 Å². The van der Waals surface area contributed by atoms with E-state index in [0.29, 0.717) is 29.8 Å². The van der Waals surface area contributed by atoms with E-state index in [2.05, 4.69) is 20.6 Å². The number of carbonyl (C=O) groups excluding carboxylic acids is 1. The van der Waals surface area contributed by atoms with E-state index in [1.807, 2.05) is 18.2 Å². The third-order valence-corrected chi connectivity index (χ3v) is 3.74. The molecule has 3 aromatic rings. The van der Waals surface area contributed by atoms with E-state index >= 15 is 0 Å². The monoisotopic (exact) mass is 326 g/mol. The number of hydrogen-bond donors (Lipinski definition) is 1. The van der Waals surface area contributed by atoms with Crippen LogP contribution in [0.3, 0.4) is 0 Å². The molecule has 8 heteroatoms. The number of aryl methyl sites for hydroxylation is 2. The third-order valence-electron chi connectivity index (χ3n) is 3.74. The third kappa shape index (κ3) is 2.51. The van der Waals surface area contributed by atoms with Gasteiger partial charge < -0.3 is 19.1 Å². The van der Waals surface area contributed by atoms with Gasteiger partial charge in [0.25, 0.3) is 5.91 Å². The summed E-state index contributed by atoms with van der Waals surface area (Å²) in [6.45, 7) is 3.84. The van der Waals surface area contributed by atoms with Gasteiger partial charge in [-0.2, -0.15) is 4.98 Å². The normalized spacial score (nSPS) is 15.8. The molecular weight excluding hydrogens is 312 g/mol. The average molecular weight is 326 g/mol. The lowest BCUT2D eigenvalue weighted by molar-refractivity contribution is 0.0893. The van der Waals surface area contributed by atoms with E-state index in [0.717, 1.165) is 11.1 Å². The topological polar surface area (TPSA) is 103 Å². The first-order chi connectivity index (χ1) is 11.6. The Kier molecular flexibility index (Phi) is 3.30. The van der Waals surface area contributed by atoms with Crippen molar-refractivity contribution in [2.45, 2.75) is 19.9 Å². The zero-order valence-electron chi connectivity index (χ0n) is 13.1. The second kappa shape index (κ2) is 5.48. The molecule has 1 aliphatic rings. The summed E-state index contributed by atoms with van der Waals surface area (Å²) >= 11 is 0. The molecule has 3 heterocycles. The highest BCUT2D eigenvalue weighted by molar-refractivity contribution is 5.91. The van der Waals surface area contributed by atoms with Crippen LogP contribution in [-0.2, 0) is 0 Å². The van der Waals surface area contributed by atoms with Gasteiger partial charge in [0, 0.05) is 24.1 Å². The molecule has 1 aliphatic heterocycles. The van der Waals surface area contributed by atoms with Crippen molar-refractivity contribution in [3.05, 3.63) is 47.2 Å². The van der Waals surface area contributed by atoms with Crippen LogP contribution in [0.5, 0.6) is 5.75 Å². The van der Waals surface area contributed by atoms with E-state index in [-0.39, 0.29) is 17.7 Å². The molecule has 122 valence electrons. The molecule has 4 rings (SSSR count). The molecule has 24 heavy (non-hydrogen) atoms. The first kappa shape index (κ1) is 14.4. The maximum Gasteiger partial charge on any atom is 0.290 e. The number of nitrogens with zero attached hydrogens (tertiary/aromatic N) is 3. The van der Waals surface area contributed by atoms with Gasteiger partial charge in [0.2, 0.25) is 17.5 Å². The van der Waals surface area contributed by atoms with Crippen LogP contribution < -0.4 is 10.1 Å². The number of amides is 1. The quantitative estimate of drug-likeness (QED) is 0.787. The zero-order chi connectivity index (χ0) is 16.7.